The van der Waals surface area contributed by atoms with Gasteiger partial charge in [-0.15, -0.1) is 0 Å². The average Bonchev–Trinajstić information content (AvgIpc) is 2.10. The lowest BCUT2D eigenvalue weighted by Gasteiger charge is -1.97. The fourth-order valence-electron chi connectivity index (χ4n) is 1.03. The first kappa shape index (κ1) is 12.2. The van der Waals surface area contributed by atoms with Gasteiger partial charge in [-0.3, -0.25) is 4.79 Å². The Labute approximate surface area is 79.6 Å². The highest BCUT2D eigenvalue weighted by molar-refractivity contribution is 5.91. The normalized spacial score (nSPS) is 11.7. The maximum atomic E-state index is 10.6. The summed E-state index contributed by atoms with van der Waals surface area (Å²) in [5, 5.41) is 8.51. The predicted octanol–water partition coefficient (Wildman–Crippen LogP) is 1.36. The Balaban J connectivity index is 3.34. The third-order valence-corrected chi connectivity index (χ3v) is 1.95. The van der Waals surface area contributed by atoms with Gasteiger partial charge in [0.15, 0.2) is 0 Å². The molecule has 3 N–H and O–H groups in total. The molecule has 0 atom stereocenters. The van der Waals surface area contributed by atoms with Gasteiger partial charge in [-0.1, -0.05) is 18.9 Å². The molecule has 0 saturated heterocycles. The third kappa shape index (κ3) is 7.53. The number of hydrogen-bond donors (Lipinski definition) is 2. The summed E-state index contributed by atoms with van der Waals surface area (Å²) < 4.78 is 0. The van der Waals surface area contributed by atoms with Crippen molar-refractivity contribution in [3.05, 3.63) is 11.6 Å². The summed E-state index contributed by atoms with van der Waals surface area (Å²) in [5.74, 6) is -0.338. The van der Waals surface area contributed by atoms with Gasteiger partial charge < -0.3 is 10.8 Å². The summed E-state index contributed by atoms with van der Waals surface area (Å²) >= 11 is 0. The molecule has 0 aliphatic heterocycles. The molecule has 13 heavy (non-hydrogen) atoms. The molecular weight excluding hydrogens is 166 g/mol. The zero-order chi connectivity index (χ0) is 10.1. The first-order chi connectivity index (χ1) is 6.18. The molecule has 0 aromatic rings. The lowest BCUT2D eigenvalue weighted by Crippen LogP contribution is -2.11. The van der Waals surface area contributed by atoms with Crippen LogP contribution in [0.2, 0.25) is 0 Å². The molecule has 0 aromatic carbocycles. The third-order valence-electron chi connectivity index (χ3n) is 1.95. The standard InChI is InChI=1S/C10H19NO2/c1-9(10(11)13)7-5-3-2-4-6-8-12/h7,12H,2-6,8H2,1H3,(H2,11,13)/b9-7+. The van der Waals surface area contributed by atoms with Crippen LogP contribution in [-0.2, 0) is 4.79 Å². The smallest absolute Gasteiger partial charge is 0.244 e. The van der Waals surface area contributed by atoms with E-state index in [9.17, 15) is 4.79 Å². The molecule has 0 radical (unpaired) electrons. The van der Waals surface area contributed by atoms with E-state index in [1.807, 2.05) is 6.08 Å². The Morgan fingerprint density at radius 2 is 1.92 bits per heavy atom. The number of carbonyl (C=O) groups is 1. The summed E-state index contributed by atoms with van der Waals surface area (Å²) in [6.07, 6.45) is 6.87. The molecule has 76 valence electrons. The molecule has 0 heterocycles. The monoisotopic (exact) mass is 185 g/mol. The van der Waals surface area contributed by atoms with Crippen LogP contribution in [0.5, 0.6) is 0 Å². The highest BCUT2D eigenvalue weighted by Gasteiger charge is 1.95. The Morgan fingerprint density at radius 1 is 1.31 bits per heavy atom. The lowest BCUT2D eigenvalue weighted by molar-refractivity contribution is -0.114. The Morgan fingerprint density at radius 3 is 2.46 bits per heavy atom. The second kappa shape index (κ2) is 7.80. The van der Waals surface area contributed by atoms with E-state index in [4.69, 9.17) is 10.8 Å². The van der Waals surface area contributed by atoms with E-state index in [0.29, 0.717) is 5.57 Å². The molecule has 0 aromatic heterocycles. The molecule has 0 spiro atoms. The van der Waals surface area contributed by atoms with Crippen LogP contribution in [-0.4, -0.2) is 17.6 Å². The van der Waals surface area contributed by atoms with Crippen molar-refractivity contribution in [2.45, 2.75) is 39.0 Å². The van der Waals surface area contributed by atoms with E-state index in [0.717, 1.165) is 32.1 Å². The van der Waals surface area contributed by atoms with Crippen LogP contribution in [0.3, 0.4) is 0 Å². The van der Waals surface area contributed by atoms with Crippen LogP contribution in [0, 0.1) is 0 Å². The van der Waals surface area contributed by atoms with E-state index in [1.54, 1.807) is 6.92 Å². The number of allylic oxidation sites excluding steroid dienone is 1. The Bertz CT molecular complexity index is 176. The van der Waals surface area contributed by atoms with Crippen LogP contribution in [0.1, 0.15) is 39.0 Å². The quantitative estimate of drug-likeness (QED) is 0.464. The molecule has 0 unspecified atom stereocenters. The molecule has 0 saturated carbocycles. The van der Waals surface area contributed by atoms with Gasteiger partial charge in [0.1, 0.15) is 0 Å². The van der Waals surface area contributed by atoms with Crippen molar-refractivity contribution in [1.82, 2.24) is 0 Å². The number of aliphatic hydroxyl groups excluding tert-OH is 1. The average molecular weight is 185 g/mol. The minimum absolute atomic E-state index is 0.274. The first-order valence-corrected chi connectivity index (χ1v) is 4.76. The zero-order valence-corrected chi connectivity index (χ0v) is 8.25. The highest BCUT2D eigenvalue weighted by atomic mass is 16.2. The minimum atomic E-state index is -0.338. The van der Waals surface area contributed by atoms with Crippen LogP contribution >= 0.6 is 0 Å². The van der Waals surface area contributed by atoms with Gasteiger partial charge in [0, 0.05) is 12.2 Å². The summed E-state index contributed by atoms with van der Waals surface area (Å²) in [6.45, 7) is 2.01. The van der Waals surface area contributed by atoms with Crippen molar-refractivity contribution in [2.24, 2.45) is 5.73 Å². The topological polar surface area (TPSA) is 63.3 Å². The van der Waals surface area contributed by atoms with E-state index >= 15 is 0 Å². The summed E-state index contributed by atoms with van der Waals surface area (Å²) in [4.78, 5) is 10.6. The van der Waals surface area contributed by atoms with E-state index in [1.165, 1.54) is 0 Å². The maximum Gasteiger partial charge on any atom is 0.244 e. The first-order valence-electron chi connectivity index (χ1n) is 4.76. The number of unbranched alkanes of at least 4 members (excludes halogenated alkanes) is 4. The van der Waals surface area contributed by atoms with Gasteiger partial charge in [-0.2, -0.15) is 0 Å². The van der Waals surface area contributed by atoms with Crippen molar-refractivity contribution in [3.8, 4) is 0 Å². The van der Waals surface area contributed by atoms with Crippen molar-refractivity contribution in [2.75, 3.05) is 6.61 Å². The largest absolute Gasteiger partial charge is 0.396 e. The second-order valence-corrected chi connectivity index (χ2v) is 3.18. The van der Waals surface area contributed by atoms with Gasteiger partial charge in [0.2, 0.25) is 5.91 Å². The lowest BCUT2D eigenvalue weighted by atomic mass is 10.1. The molecule has 1 amide bonds. The molecular formula is C10H19NO2. The summed E-state index contributed by atoms with van der Waals surface area (Å²) in [7, 11) is 0. The van der Waals surface area contributed by atoms with Crippen molar-refractivity contribution in [3.63, 3.8) is 0 Å². The number of nitrogens with two attached hydrogens (primary N) is 1. The fraction of sp³-hybridized carbons (Fsp3) is 0.700. The Kier molecular flexibility index (Phi) is 7.30. The van der Waals surface area contributed by atoms with Crippen molar-refractivity contribution < 1.29 is 9.90 Å². The molecule has 0 rings (SSSR count). The molecule has 0 aliphatic rings. The molecule has 0 fully saturated rings. The molecule has 3 heteroatoms. The summed E-state index contributed by atoms with van der Waals surface area (Å²) in [5.41, 5.74) is 5.70. The van der Waals surface area contributed by atoms with Crippen LogP contribution in [0.15, 0.2) is 11.6 Å². The van der Waals surface area contributed by atoms with Gasteiger partial charge in [0.25, 0.3) is 0 Å². The summed E-state index contributed by atoms with van der Waals surface area (Å²) in [6, 6.07) is 0. The number of hydrogen-bond acceptors (Lipinski definition) is 2. The number of amides is 1. The number of aliphatic hydroxyl groups is 1. The predicted molar refractivity (Wildman–Crippen MR) is 53.1 cm³/mol. The van der Waals surface area contributed by atoms with E-state index < -0.39 is 0 Å². The number of rotatable bonds is 7. The fourth-order valence-corrected chi connectivity index (χ4v) is 1.03. The SMILES string of the molecule is C/C(=C\CCCCCCO)C(N)=O. The number of primary amides is 1. The van der Waals surface area contributed by atoms with Gasteiger partial charge >= 0.3 is 0 Å². The van der Waals surface area contributed by atoms with E-state index in [2.05, 4.69) is 0 Å². The molecule has 0 bridgehead atoms. The highest BCUT2D eigenvalue weighted by Crippen LogP contribution is 2.04. The van der Waals surface area contributed by atoms with E-state index in [-0.39, 0.29) is 12.5 Å². The van der Waals surface area contributed by atoms with Crippen LogP contribution < -0.4 is 5.73 Å². The van der Waals surface area contributed by atoms with Gasteiger partial charge in [-0.05, 0) is 26.2 Å². The van der Waals surface area contributed by atoms with Crippen LogP contribution in [0.25, 0.3) is 0 Å². The molecule has 3 nitrogen and oxygen atoms in total. The van der Waals surface area contributed by atoms with Crippen LogP contribution in [0.4, 0.5) is 0 Å². The van der Waals surface area contributed by atoms with Crippen molar-refractivity contribution >= 4 is 5.91 Å². The van der Waals surface area contributed by atoms with Crippen molar-refractivity contribution in [1.29, 1.82) is 0 Å². The maximum absolute atomic E-state index is 10.6. The van der Waals surface area contributed by atoms with Gasteiger partial charge in [-0.25, -0.2) is 0 Å². The zero-order valence-electron chi connectivity index (χ0n) is 8.25. The molecule has 0 aliphatic carbocycles. The number of carbonyl (C=O) groups excluding carboxylic acids is 1. The Hall–Kier alpha value is -0.830. The van der Waals surface area contributed by atoms with Gasteiger partial charge in [0.05, 0.1) is 0 Å². The minimum Gasteiger partial charge on any atom is -0.396 e. The second-order valence-electron chi connectivity index (χ2n) is 3.18.